The van der Waals surface area contributed by atoms with Crippen molar-refractivity contribution in [2.24, 2.45) is 5.92 Å². The molecule has 1 aromatic rings. The van der Waals surface area contributed by atoms with Gasteiger partial charge in [-0.2, -0.15) is 8.78 Å². The van der Waals surface area contributed by atoms with Crippen LogP contribution in [0.15, 0.2) is 36.2 Å². The van der Waals surface area contributed by atoms with Gasteiger partial charge in [-0.05, 0) is 6.07 Å². The Morgan fingerprint density at radius 2 is 2.00 bits per heavy atom. The van der Waals surface area contributed by atoms with Gasteiger partial charge in [-0.3, -0.25) is 9.59 Å². The smallest absolute Gasteiger partial charge is 0.313 e. The summed E-state index contributed by atoms with van der Waals surface area (Å²) in [5.74, 6) is -3.56. The zero-order valence-corrected chi connectivity index (χ0v) is 12.8. The van der Waals surface area contributed by atoms with Crippen LogP contribution in [0.1, 0.15) is 24.5 Å². The van der Waals surface area contributed by atoms with Gasteiger partial charge >= 0.3 is 18.0 Å². The van der Waals surface area contributed by atoms with Crippen LogP contribution in [0.3, 0.4) is 0 Å². The molecule has 0 amide bonds. The molecule has 1 aliphatic rings. The number of hydrogen-bond donors (Lipinski definition) is 0. The van der Waals surface area contributed by atoms with Crippen LogP contribution in [0.25, 0.3) is 0 Å². The predicted octanol–water partition coefficient (Wildman–Crippen LogP) is 3.31. The molecule has 0 spiro atoms. The summed E-state index contributed by atoms with van der Waals surface area (Å²) in [6.07, 6.45) is -4.29. The van der Waals surface area contributed by atoms with Gasteiger partial charge in [-0.25, -0.2) is 4.39 Å². The highest BCUT2D eigenvalue weighted by molar-refractivity contribution is 5.84. The quantitative estimate of drug-likeness (QED) is 0.741. The number of carbonyl (C=O) groups is 2. The van der Waals surface area contributed by atoms with Crippen LogP contribution >= 0.6 is 0 Å². The fourth-order valence-electron chi connectivity index (χ4n) is 2.39. The molecule has 1 fully saturated rings. The Morgan fingerprint density at radius 3 is 2.67 bits per heavy atom. The van der Waals surface area contributed by atoms with Crippen molar-refractivity contribution in [3.63, 3.8) is 0 Å². The molecule has 130 valence electrons. The van der Waals surface area contributed by atoms with E-state index in [0.29, 0.717) is 11.3 Å². The lowest BCUT2D eigenvalue weighted by Crippen LogP contribution is -2.22. The van der Waals surface area contributed by atoms with Crippen LogP contribution in [0.2, 0.25) is 0 Å². The van der Waals surface area contributed by atoms with Crippen molar-refractivity contribution >= 4 is 11.9 Å². The summed E-state index contributed by atoms with van der Waals surface area (Å²) in [7, 11) is 1.43. The van der Waals surface area contributed by atoms with Crippen LogP contribution in [0, 0.1) is 5.92 Å². The van der Waals surface area contributed by atoms with Crippen LogP contribution in [0.5, 0.6) is 5.75 Å². The summed E-state index contributed by atoms with van der Waals surface area (Å²) < 4.78 is 51.8. The van der Waals surface area contributed by atoms with E-state index in [1.54, 1.807) is 24.3 Å². The van der Waals surface area contributed by atoms with Crippen molar-refractivity contribution in [3.8, 4) is 5.75 Å². The van der Waals surface area contributed by atoms with Crippen molar-refractivity contribution in [1.82, 2.24) is 0 Å². The lowest BCUT2D eigenvalue weighted by molar-refractivity contribution is -0.150. The first-order valence-corrected chi connectivity index (χ1v) is 7.12. The number of halogens is 3. The Bertz CT molecular complexity index is 655. The first kappa shape index (κ1) is 17.8. The molecule has 0 saturated carbocycles. The van der Waals surface area contributed by atoms with Crippen molar-refractivity contribution < 1.29 is 37.0 Å². The van der Waals surface area contributed by atoms with Crippen LogP contribution in [-0.4, -0.2) is 25.7 Å². The molecule has 0 aromatic heterocycles. The summed E-state index contributed by atoms with van der Waals surface area (Å²) >= 11 is 0. The van der Waals surface area contributed by atoms with Crippen molar-refractivity contribution in [3.05, 3.63) is 41.7 Å². The van der Waals surface area contributed by atoms with E-state index < -0.39 is 48.9 Å². The highest BCUT2D eigenvalue weighted by Crippen LogP contribution is 2.40. The third-order valence-corrected chi connectivity index (χ3v) is 3.53. The van der Waals surface area contributed by atoms with Crippen LogP contribution in [0.4, 0.5) is 13.2 Å². The topological polar surface area (TPSA) is 61.8 Å². The molecule has 5 nitrogen and oxygen atoms in total. The van der Waals surface area contributed by atoms with Crippen LogP contribution < -0.4 is 4.74 Å². The largest absolute Gasteiger partial charge is 0.496 e. The van der Waals surface area contributed by atoms with Gasteiger partial charge in [0, 0.05) is 12.0 Å². The molecule has 24 heavy (non-hydrogen) atoms. The number of carbonyl (C=O) groups excluding carboxylic acids is 2. The molecule has 2 rings (SSSR count). The molecule has 0 bridgehead atoms. The Balaban J connectivity index is 2.08. The predicted molar refractivity (Wildman–Crippen MR) is 75.9 cm³/mol. The third kappa shape index (κ3) is 4.06. The fourth-order valence-corrected chi connectivity index (χ4v) is 2.39. The van der Waals surface area contributed by atoms with E-state index in [9.17, 15) is 22.8 Å². The van der Waals surface area contributed by atoms with E-state index >= 15 is 0 Å². The highest BCUT2D eigenvalue weighted by atomic mass is 19.3. The Labute approximate surface area is 136 Å². The SMILES string of the molecule is COc1ccccc1C1OC(=O)CC1C(=O)OCCC(F)=C(F)F. The number of ether oxygens (including phenoxy) is 3. The highest BCUT2D eigenvalue weighted by Gasteiger charge is 2.43. The zero-order chi connectivity index (χ0) is 17.7. The zero-order valence-electron chi connectivity index (χ0n) is 12.8. The van der Waals surface area contributed by atoms with Crippen molar-refractivity contribution in [2.45, 2.75) is 18.9 Å². The molecule has 0 aliphatic carbocycles. The molecule has 8 heteroatoms. The Kier molecular flexibility index (Phi) is 5.83. The van der Waals surface area contributed by atoms with E-state index in [4.69, 9.17) is 14.2 Å². The van der Waals surface area contributed by atoms with Gasteiger partial charge in [0.2, 0.25) is 0 Å². The van der Waals surface area contributed by atoms with Gasteiger partial charge in [0.05, 0.1) is 20.1 Å². The maximum Gasteiger partial charge on any atom is 0.313 e. The van der Waals surface area contributed by atoms with E-state index in [1.807, 2.05) is 0 Å². The molecular weight excluding hydrogens is 329 g/mol. The number of esters is 2. The number of para-hydroxylation sites is 1. The van der Waals surface area contributed by atoms with Gasteiger partial charge in [0.15, 0.2) is 5.83 Å². The minimum atomic E-state index is -2.45. The number of rotatable bonds is 6. The number of benzene rings is 1. The third-order valence-electron chi connectivity index (χ3n) is 3.53. The lowest BCUT2D eigenvalue weighted by Gasteiger charge is -2.19. The molecule has 1 saturated heterocycles. The summed E-state index contributed by atoms with van der Waals surface area (Å²) in [4.78, 5) is 23.7. The summed E-state index contributed by atoms with van der Waals surface area (Å²) in [5, 5.41) is 0. The maximum absolute atomic E-state index is 12.7. The summed E-state index contributed by atoms with van der Waals surface area (Å²) in [5.41, 5.74) is 0.494. The Hall–Kier alpha value is -2.51. The molecule has 1 aromatic carbocycles. The second-order valence-electron chi connectivity index (χ2n) is 5.05. The average molecular weight is 344 g/mol. The van der Waals surface area contributed by atoms with E-state index in [1.165, 1.54) is 7.11 Å². The fraction of sp³-hybridized carbons (Fsp3) is 0.375. The maximum atomic E-state index is 12.7. The van der Waals surface area contributed by atoms with E-state index in [0.717, 1.165) is 0 Å². The normalized spacial score (nSPS) is 19.6. The average Bonchev–Trinajstić information content (AvgIpc) is 2.96. The first-order valence-electron chi connectivity index (χ1n) is 7.12. The standard InChI is InChI=1S/C16H15F3O5/c1-22-12-5-3-2-4-9(12)14-10(8-13(20)24-14)16(21)23-7-6-11(17)15(18)19/h2-5,10,14H,6-8H2,1H3. The molecule has 2 atom stereocenters. The lowest BCUT2D eigenvalue weighted by atomic mass is 9.94. The monoisotopic (exact) mass is 344 g/mol. The molecule has 1 aliphatic heterocycles. The van der Waals surface area contributed by atoms with E-state index in [2.05, 4.69) is 0 Å². The summed E-state index contributed by atoms with van der Waals surface area (Å²) in [6, 6.07) is 6.70. The second-order valence-corrected chi connectivity index (χ2v) is 5.05. The number of cyclic esters (lactones) is 1. The van der Waals surface area contributed by atoms with Crippen molar-refractivity contribution in [1.29, 1.82) is 0 Å². The van der Waals surface area contributed by atoms with Gasteiger partial charge < -0.3 is 14.2 Å². The Morgan fingerprint density at radius 1 is 1.29 bits per heavy atom. The number of methoxy groups -OCH3 is 1. The first-order chi connectivity index (χ1) is 11.4. The van der Waals surface area contributed by atoms with Gasteiger partial charge in [0.1, 0.15) is 17.8 Å². The molecule has 0 radical (unpaired) electrons. The van der Waals surface area contributed by atoms with E-state index in [-0.39, 0.29) is 6.42 Å². The molecule has 0 N–H and O–H groups in total. The minimum absolute atomic E-state index is 0.211. The molecular formula is C16H15F3O5. The minimum Gasteiger partial charge on any atom is -0.496 e. The summed E-state index contributed by atoms with van der Waals surface area (Å²) in [6.45, 7) is -0.550. The van der Waals surface area contributed by atoms with Crippen molar-refractivity contribution in [2.75, 3.05) is 13.7 Å². The van der Waals surface area contributed by atoms with Crippen LogP contribution in [-0.2, 0) is 19.1 Å². The van der Waals surface area contributed by atoms with Gasteiger partial charge in [-0.15, -0.1) is 0 Å². The van der Waals surface area contributed by atoms with Gasteiger partial charge in [-0.1, -0.05) is 18.2 Å². The number of hydrogen-bond acceptors (Lipinski definition) is 5. The van der Waals surface area contributed by atoms with Gasteiger partial charge in [0.25, 0.3) is 0 Å². The molecule has 1 heterocycles. The second kappa shape index (κ2) is 7.85. The molecule has 2 unspecified atom stereocenters.